The molecule has 0 aliphatic carbocycles. The number of carbonyl (C=O) groups excluding carboxylic acids is 3. The van der Waals surface area contributed by atoms with Gasteiger partial charge in [0.15, 0.2) is 0 Å². The maximum atomic E-state index is 12.7. The molecule has 160 valence electrons. The molecule has 0 aromatic heterocycles. The molecule has 0 radical (unpaired) electrons. The lowest BCUT2D eigenvalue weighted by Gasteiger charge is -2.13. The molecule has 1 aliphatic rings. The van der Waals surface area contributed by atoms with Crippen LogP contribution in [0.4, 0.5) is 0 Å². The Kier molecular flexibility index (Phi) is 8.98. The summed E-state index contributed by atoms with van der Waals surface area (Å²) in [5, 5.41) is 5.93. The Morgan fingerprint density at radius 2 is 1.70 bits per heavy atom. The maximum Gasteiger partial charge on any atom is 0.261 e. The number of carbonyl (C=O) groups is 3. The fourth-order valence-electron chi connectivity index (χ4n) is 3.19. The molecule has 2 aromatic rings. The van der Waals surface area contributed by atoms with E-state index in [1.165, 1.54) is 11.0 Å². The normalized spacial score (nSPS) is 12.5. The van der Waals surface area contributed by atoms with Crippen LogP contribution in [0.2, 0.25) is 0 Å². The number of nitrogens with zero attached hydrogens (tertiary/aromatic N) is 1. The van der Waals surface area contributed by atoms with Gasteiger partial charge in [-0.1, -0.05) is 30.3 Å². The van der Waals surface area contributed by atoms with E-state index in [-0.39, 0.29) is 35.7 Å². The van der Waals surface area contributed by atoms with E-state index >= 15 is 0 Å². The topological polar surface area (TPSA) is 87.7 Å². The maximum absolute atomic E-state index is 12.7. The van der Waals surface area contributed by atoms with Gasteiger partial charge in [0.05, 0.1) is 17.7 Å². The quantitative estimate of drug-likeness (QED) is 0.443. The van der Waals surface area contributed by atoms with Crippen molar-refractivity contribution in [1.29, 1.82) is 0 Å². The van der Waals surface area contributed by atoms with Crippen molar-refractivity contribution in [2.24, 2.45) is 0 Å². The van der Waals surface area contributed by atoms with Gasteiger partial charge in [0.2, 0.25) is 0 Å². The van der Waals surface area contributed by atoms with Crippen LogP contribution >= 0.6 is 12.4 Å². The number of ether oxygens (including phenoxy) is 1. The zero-order valence-electron chi connectivity index (χ0n) is 16.8. The van der Waals surface area contributed by atoms with Crippen LogP contribution in [0.5, 0.6) is 0 Å². The van der Waals surface area contributed by atoms with Crippen molar-refractivity contribution >= 4 is 30.1 Å². The van der Waals surface area contributed by atoms with Crippen LogP contribution in [0, 0.1) is 0 Å². The summed E-state index contributed by atoms with van der Waals surface area (Å²) in [4.78, 5) is 38.9. The Balaban J connectivity index is 0.00000320. The van der Waals surface area contributed by atoms with Gasteiger partial charge in [-0.3, -0.25) is 19.3 Å². The molecule has 0 atom stereocenters. The molecular formula is C22H26ClN3O4. The second-order valence-corrected chi connectivity index (χ2v) is 6.76. The summed E-state index contributed by atoms with van der Waals surface area (Å²) < 4.78 is 4.94. The number of rotatable bonds is 10. The predicted molar refractivity (Wildman–Crippen MR) is 116 cm³/mol. The van der Waals surface area contributed by atoms with Gasteiger partial charge < -0.3 is 15.4 Å². The second kappa shape index (κ2) is 11.4. The van der Waals surface area contributed by atoms with E-state index in [1.54, 1.807) is 19.2 Å². The number of hydrogen-bond donors (Lipinski definition) is 2. The Hall–Kier alpha value is -2.74. The molecule has 0 fully saturated rings. The summed E-state index contributed by atoms with van der Waals surface area (Å²) in [6.07, 6.45) is 0.593. The minimum absolute atomic E-state index is 0. The van der Waals surface area contributed by atoms with Crippen LogP contribution in [-0.4, -0.2) is 62.5 Å². The molecule has 0 unspecified atom stereocenters. The van der Waals surface area contributed by atoms with Crippen molar-refractivity contribution in [2.45, 2.75) is 6.42 Å². The van der Waals surface area contributed by atoms with Gasteiger partial charge >= 0.3 is 0 Å². The highest BCUT2D eigenvalue weighted by molar-refractivity contribution is 6.22. The lowest BCUT2D eigenvalue weighted by molar-refractivity contribution is 0.0656. The summed E-state index contributed by atoms with van der Waals surface area (Å²) in [6, 6.07) is 14.3. The number of halogens is 1. The molecule has 7 nitrogen and oxygen atoms in total. The van der Waals surface area contributed by atoms with Gasteiger partial charge in [-0.25, -0.2) is 0 Å². The summed E-state index contributed by atoms with van der Waals surface area (Å²) >= 11 is 0. The third-order valence-corrected chi connectivity index (χ3v) is 4.77. The van der Waals surface area contributed by atoms with Crippen LogP contribution in [0.3, 0.4) is 0 Å². The van der Waals surface area contributed by atoms with E-state index < -0.39 is 0 Å². The average molecular weight is 432 g/mol. The Morgan fingerprint density at radius 1 is 0.967 bits per heavy atom. The molecule has 8 heteroatoms. The van der Waals surface area contributed by atoms with Crippen molar-refractivity contribution < 1.29 is 19.1 Å². The van der Waals surface area contributed by atoms with Crippen molar-refractivity contribution in [2.75, 3.05) is 39.9 Å². The largest absolute Gasteiger partial charge is 0.383 e. The number of methoxy groups -OCH3 is 1. The Bertz CT molecular complexity index is 889. The molecule has 1 heterocycles. The number of nitrogens with one attached hydrogen (secondary N) is 2. The van der Waals surface area contributed by atoms with Gasteiger partial charge in [0.1, 0.15) is 0 Å². The fraction of sp³-hybridized carbons (Fsp3) is 0.318. The second-order valence-electron chi connectivity index (χ2n) is 6.76. The van der Waals surface area contributed by atoms with Gasteiger partial charge in [0.25, 0.3) is 17.7 Å². The first-order chi connectivity index (χ1) is 14.1. The Labute approximate surface area is 182 Å². The van der Waals surface area contributed by atoms with E-state index in [4.69, 9.17) is 4.74 Å². The monoisotopic (exact) mass is 431 g/mol. The molecule has 2 aromatic carbocycles. The van der Waals surface area contributed by atoms with Crippen molar-refractivity contribution in [3.05, 3.63) is 70.8 Å². The van der Waals surface area contributed by atoms with E-state index in [1.807, 2.05) is 30.3 Å². The van der Waals surface area contributed by atoms with Crippen LogP contribution in [0.1, 0.15) is 36.6 Å². The first-order valence-corrected chi connectivity index (χ1v) is 9.64. The van der Waals surface area contributed by atoms with Gasteiger partial charge in [-0.05, 0) is 30.2 Å². The van der Waals surface area contributed by atoms with Crippen LogP contribution < -0.4 is 10.6 Å². The summed E-state index contributed by atoms with van der Waals surface area (Å²) in [6.45, 7) is 2.70. The predicted octanol–water partition coefficient (Wildman–Crippen LogP) is 1.91. The average Bonchev–Trinajstić information content (AvgIpc) is 2.99. The number of hydrogen-bond acceptors (Lipinski definition) is 5. The van der Waals surface area contributed by atoms with Crippen molar-refractivity contribution in [3.8, 4) is 0 Å². The first-order valence-electron chi connectivity index (χ1n) is 9.64. The molecule has 0 spiro atoms. The molecule has 3 amide bonds. The molecule has 3 rings (SSSR count). The van der Waals surface area contributed by atoms with Gasteiger partial charge in [-0.2, -0.15) is 0 Å². The zero-order chi connectivity index (χ0) is 20.6. The van der Waals surface area contributed by atoms with E-state index in [9.17, 15) is 14.4 Å². The molecule has 30 heavy (non-hydrogen) atoms. The lowest BCUT2D eigenvalue weighted by atomic mass is 10.1. The summed E-state index contributed by atoms with van der Waals surface area (Å²) in [5.74, 6) is -0.934. The highest BCUT2D eigenvalue weighted by atomic mass is 35.5. The SMILES string of the molecule is COCCNCCNC(=O)c1ccc2c(c1)C(=O)N(CCc1ccccc1)C2=O.Cl. The van der Waals surface area contributed by atoms with Crippen LogP contribution in [-0.2, 0) is 11.2 Å². The minimum atomic E-state index is -0.350. The fourth-order valence-corrected chi connectivity index (χ4v) is 3.19. The number of fused-ring (bicyclic) bond motifs is 1. The highest BCUT2D eigenvalue weighted by Gasteiger charge is 2.35. The summed E-state index contributed by atoms with van der Waals surface area (Å²) in [5.41, 5.74) is 2.06. The van der Waals surface area contributed by atoms with Crippen molar-refractivity contribution in [3.63, 3.8) is 0 Å². The molecule has 1 aliphatic heterocycles. The number of amides is 3. The number of benzene rings is 2. The minimum Gasteiger partial charge on any atom is -0.383 e. The van der Waals surface area contributed by atoms with Crippen molar-refractivity contribution in [1.82, 2.24) is 15.5 Å². The van der Waals surface area contributed by atoms with Crippen LogP contribution in [0.15, 0.2) is 48.5 Å². The first kappa shape index (κ1) is 23.5. The standard InChI is InChI=1S/C22H25N3O4.ClH/c1-29-14-12-23-10-11-24-20(26)17-7-8-18-19(15-17)22(28)25(21(18)27)13-9-16-5-3-2-4-6-16;/h2-8,15,23H,9-14H2,1H3,(H,24,26);1H. The van der Waals surface area contributed by atoms with E-state index in [2.05, 4.69) is 10.6 Å². The van der Waals surface area contributed by atoms with E-state index in [0.717, 1.165) is 5.56 Å². The highest BCUT2D eigenvalue weighted by Crippen LogP contribution is 2.24. The van der Waals surface area contributed by atoms with Gasteiger partial charge in [0, 0.05) is 38.9 Å². The summed E-state index contributed by atoms with van der Waals surface area (Å²) in [7, 11) is 1.63. The van der Waals surface area contributed by atoms with E-state index in [0.29, 0.717) is 50.3 Å². The van der Waals surface area contributed by atoms with Crippen LogP contribution in [0.25, 0.3) is 0 Å². The smallest absolute Gasteiger partial charge is 0.261 e. The molecule has 0 saturated carbocycles. The molecule has 2 N–H and O–H groups in total. The molecular weight excluding hydrogens is 406 g/mol. The lowest BCUT2D eigenvalue weighted by Crippen LogP contribution is -2.33. The third-order valence-electron chi connectivity index (χ3n) is 4.77. The van der Waals surface area contributed by atoms with Gasteiger partial charge in [-0.15, -0.1) is 12.4 Å². The number of imide groups is 1. The third kappa shape index (κ3) is 5.66. The molecule has 0 saturated heterocycles. The Morgan fingerprint density at radius 3 is 2.43 bits per heavy atom. The molecule has 0 bridgehead atoms. The zero-order valence-corrected chi connectivity index (χ0v) is 17.7.